The highest BCUT2D eigenvalue weighted by Gasteiger charge is 2.02. The number of aryl methyl sites for hydroxylation is 2. The van der Waals surface area contributed by atoms with Gasteiger partial charge in [-0.3, -0.25) is 9.98 Å². The molecule has 2 aromatic carbocycles. The Bertz CT molecular complexity index is 1470. The van der Waals surface area contributed by atoms with Crippen molar-refractivity contribution >= 4 is 23.8 Å². The van der Waals surface area contributed by atoms with Gasteiger partial charge < -0.3 is 0 Å². The third kappa shape index (κ3) is 41.5. The molecule has 0 spiro atoms. The highest BCUT2D eigenvalue weighted by atomic mass is 14.8. The van der Waals surface area contributed by atoms with Crippen molar-refractivity contribution in [3.05, 3.63) is 59.7 Å². The standard InChI is InChI=1S/C68H112N2/c1-3-5-7-9-11-13-15-17-19-21-23-25-27-29-31-33-35-37-39-41-43-45-47-49-51-57-65-59-53-55-61-67(65)69-63-64-70-68-62-56-54-60-66(68)58-52-50-48-46-44-42-40-38-36-34-32-30-28-26-24-22-20-18-16-14-12-10-8-6-4-2/h53-56,59-64H,3-46,51-52,57-58H2,1-2H3. The lowest BCUT2D eigenvalue weighted by atomic mass is 10.0. The quantitative estimate of drug-likeness (QED) is 0.0359. The lowest BCUT2D eigenvalue weighted by Gasteiger charge is -2.04. The summed E-state index contributed by atoms with van der Waals surface area (Å²) in [5, 5.41) is 0. The Morgan fingerprint density at radius 1 is 0.271 bits per heavy atom. The van der Waals surface area contributed by atoms with Crippen LogP contribution in [-0.2, 0) is 12.8 Å². The summed E-state index contributed by atoms with van der Waals surface area (Å²) < 4.78 is 0. The topological polar surface area (TPSA) is 24.7 Å². The predicted molar refractivity (Wildman–Crippen MR) is 316 cm³/mol. The Hall–Kier alpha value is -3.10. The number of unbranched alkanes of at least 4 members (excludes halogenated alkanes) is 42. The second-order valence-corrected chi connectivity index (χ2v) is 21.2. The van der Waals surface area contributed by atoms with Crippen LogP contribution in [0.25, 0.3) is 0 Å². The fourth-order valence-electron chi connectivity index (χ4n) is 9.96. The minimum Gasteiger partial charge on any atom is -0.255 e. The fourth-order valence-corrected chi connectivity index (χ4v) is 9.96. The summed E-state index contributed by atoms with van der Waals surface area (Å²) in [5.41, 5.74) is 4.53. The normalized spacial score (nSPS) is 11.4. The van der Waals surface area contributed by atoms with E-state index >= 15 is 0 Å². The molecule has 0 saturated carbocycles. The van der Waals surface area contributed by atoms with Crippen molar-refractivity contribution < 1.29 is 0 Å². The monoisotopic (exact) mass is 957 g/mol. The summed E-state index contributed by atoms with van der Waals surface area (Å²) in [7, 11) is 0. The van der Waals surface area contributed by atoms with Crippen LogP contribution in [0.4, 0.5) is 11.4 Å². The zero-order valence-electron chi connectivity index (χ0n) is 46.6. The molecule has 0 radical (unpaired) electrons. The smallest absolute Gasteiger partial charge is 0.0662 e. The molecule has 0 aliphatic heterocycles. The van der Waals surface area contributed by atoms with E-state index in [1.807, 2.05) is 12.4 Å². The van der Waals surface area contributed by atoms with Gasteiger partial charge in [-0.05, 0) is 48.9 Å². The molecule has 0 saturated heterocycles. The van der Waals surface area contributed by atoms with Crippen molar-refractivity contribution in [3.63, 3.8) is 0 Å². The molecule has 0 aliphatic carbocycles. The largest absolute Gasteiger partial charge is 0.255 e. The molecule has 0 fully saturated rings. The summed E-state index contributed by atoms with van der Waals surface area (Å²) in [6.45, 7) is 4.61. The minimum atomic E-state index is 0.885. The molecule has 2 nitrogen and oxygen atoms in total. The van der Waals surface area contributed by atoms with E-state index < -0.39 is 0 Å². The SMILES string of the molecule is CCCCCCCCCCCCCCCCCCCCCCCC#CCCc1ccccc1N=CC=Nc1ccccc1CCC#CCCCCCCCCCCCCCCCCCCCCCCC. The average molecular weight is 958 g/mol. The zero-order valence-corrected chi connectivity index (χ0v) is 46.6. The van der Waals surface area contributed by atoms with Gasteiger partial charge in [0.05, 0.1) is 11.4 Å². The predicted octanol–water partition coefficient (Wildman–Crippen LogP) is 22.9. The van der Waals surface area contributed by atoms with Gasteiger partial charge in [-0.2, -0.15) is 0 Å². The first-order chi connectivity index (χ1) is 34.8. The number of nitrogens with zero attached hydrogens (tertiary/aromatic N) is 2. The maximum absolute atomic E-state index is 4.78. The van der Waals surface area contributed by atoms with Crippen LogP contribution in [0.1, 0.15) is 320 Å². The van der Waals surface area contributed by atoms with Crippen molar-refractivity contribution in [2.45, 2.75) is 322 Å². The maximum atomic E-state index is 4.78. The third-order valence-corrected chi connectivity index (χ3v) is 14.6. The summed E-state index contributed by atoms with van der Waals surface area (Å²) in [6, 6.07) is 16.9. The van der Waals surface area contributed by atoms with Gasteiger partial charge in [-0.1, -0.05) is 307 Å². The summed E-state index contributed by atoms with van der Waals surface area (Å²) in [4.78, 5) is 9.57. The molecular formula is C68H112N2. The number of aliphatic imine (C=N–C) groups is 2. The Morgan fingerprint density at radius 3 is 0.743 bits per heavy atom. The molecule has 2 aromatic rings. The zero-order chi connectivity index (χ0) is 49.6. The Labute approximate surface area is 437 Å². The van der Waals surface area contributed by atoms with E-state index in [9.17, 15) is 0 Å². The van der Waals surface area contributed by atoms with Crippen LogP contribution >= 0.6 is 0 Å². The van der Waals surface area contributed by atoms with E-state index in [0.29, 0.717) is 0 Å². The second-order valence-electron chi connectivity index (χ2n) is 21.2. The summed E-state index contributed by atoms with van der Waals surface area (Å²) in [5.74, 6) is 13.8. The van der Waals surface area contributed by atoms with E-state index in [1.54, 1.807) is 0 Å². The lowest BCUT2D eigenvalue weighted by molar-refractivity contribution is 0.520. The van der Waals surface area contributed by atoms with E-state index in [4.69, 9.17) is 9.98 Å². The van der Waals surface area contributed by atoms with Crippen LogP contribution in [0, 0.1) is 23.7 Å². The van der Waals surface area contributed by atoms with E-state index in [2.05, 4.69) is 86.1 Å². The average Bonchev–Trinajstić information content (AvgIpc) is 3.38. The Balaban J connectivity index is 1.43. The van der Waals surface area contributed by atoms with Gasteiger partial charge in [-0.25, -0.2) is 0 Å². The fraction of sp³-hybridized carbons (Fsp3) is 0.735. The first kappa shape index (κ1) is 63.0. The molecule has 70 heavy (non-hydrogen) atoms. The Morgan fingerprint density at radius 2 is 0.486 bits per heavy atom. The number of hydrogen-bond donors (Lipinski definition) is 0. The molecule has 0 heterocycles. The van der Waals surface area contributed by atoms with Gasteiger partial charge in [0, 0.05) is 38.1 Å². The molecule has 2 heteroatoms. The number of rotatable bonds is 49. The van der Waals surface area contributed by atoms with E-state index in [0.717, 1.165) is 49.9 Å². The van der Waals surface area contributed by atoms with Crippen molar-refractivity contribution in [2.75, 3.05) is 0 Å². The highest BCUT2D eigenvalue weighted by Crippen LogP contribution is 2.22. The van der Waals surface area contributed by atoms with Crippen molar-refractivity contribution in [3.8, 4) is 23.7 Å². The van der Waals surface area contributed by atoms with Gasteiger partial charge in [0.1, 0.15) is 0 Å². The van der Waals surface area contributed by atoms with Gasteiger partial charge in [-0.15, -0.1) is 23.7 Å². The molecule has 0 amide bonds. The molecular weight excluding hydrogens is 845 g/mol. The third-order valence-electron chi connectivity index (χ3n) is 14.6. The molecule has 2 rings (SSSR count). The molecule has 0 unspecified atom stereocenters. The molecule has 0 aliphatic rings. The van der Waals surface area contributed by atoms with Crippen LogP contribution < -0.4 is 0 Å². The first-order valence-electron chi connectivity index (χ1n) is 31.0. The van der Waals surface area contributed by atoms with Crippen LogP contribution in [0.5, 0.6) is 0 Å². The van der Waals surface area contributed by atoms with Crippen LogP contribution in [0.3, 0.4) is 0 Å². The minimum absolute atomic E-state index is 0.885. The van der Waals surface area contributed by atoms with Gasteiger partial charge in [0.2, 0.25) is 0 Å². The van der Waals surface area contributed by atoms with Crippen LogP contribution in [-0.4, -0.2) is 12.4 Å². The highest BCUT2D eigenvalue weighted by molar-refractivity contribution is 6.17. The summed E-state index contributed by atoms with van der Waals surface area (Å²) >= 11 is 0. The number of para-hydroxylation sites is 2. The first-order valence-corrected chi connectivity index (χ1v) is 31.0. The maximum Gasteiger partial charge on any atom is 0.0662 e. The molecule has 0 bridgehead atoms. The number of benzene rings is 2. The second kappa shape index (κ2) is 52.2. The van der Waals surface area contributed by atoms with E-state index in [1.165, 1.54) is 281 Å². The van der Waals surface area contributed by atoms with Crippen LogP contribution in [0.15, 0.2) is 58.5 Å². The lowest BCUT2D eigenvalue weighted by Crippen LogP contribution is -1.87. The van der Waals surface area contributed by atoms with Gasteiger partial charge >= 0.3 is 0 Å². The summed E-state index contributed by atoms with van der Waals surface area (Å²) in [6.07, 6.45) is 69.3. The van der Waals surface area contributed by atoms with Crippen LogP contribution in [0.2, 0.25) is 0 Å². The molecule has 0 aromatic heterocycles. The van der Waals surface area contributed by atoms with Crippen molar-refractivity contribution in [2.24, 2.45) is 9.98 Å². The molecule has 0 atom stereocenters. The van der Waals surface area contributed by atoms with Gasteiger partial charge in [0.25, 0.3) is 0 Å². The van der Waals surface area contributed by atoms with Gasteiger partial charge in [0.15, 0.2) is 0 Å². The van der Waals surface area contributed by atoms with Crippen molar-refractivity contribution in [1.82, 2.24) is 0 Å². The van der Waals surface area contributed by atoms with Crippen molar-refractivity contribution in [1.29, 1.82) is 0 Å². The number of hydrogen-bond acceptors (Lipinski definition) is 2. The molecule has 0 N–H and O–H groups in total. The molecule has 394 valence electrons. The Kier molecular flexibility index (Phi) is 47.0. The van der Waals surface area contributed by atoms with E-state index in [-0.39, 0.29) is 0 Å².